The number of ketones is 2. The predicted octanol–water partition coefficient (Wildman–Crippen LogP) is -2.15. The Labute approximate surface area is 113 Å². The van der Waals surface area contributed by atoms with E-state index in [1.807, 2.05) is 13.8 Å². The smallest absolute Gasteiger partial charge is 1.00 e. The first kappa shape index (κ1) is 14.8. The monoisotopic (exact) mass is 222 g/mol. The van der Waals surface area contributed by atoms with Gasteiger partial charge in [-0.1, -0.05) is 13.8 Å². The number of Topliss-reactive ketones (excluding diaryl/α,β-unsaturated/α-hetero) is 2. The fourth-order valence-electron chi connectivity index (χ4n) is 1.77. The van der Waals surface area contributed by atoms with Crippen LogP contribution < -0.4 is 29.6 Å². The molecule has 0 unspecified atom stereocenters. The zero-order valence-electron chi connectivity index (χ0n) is 10.6. The van der Waals surface area contributed by atoms with E-state index >= 15 is 0 Å². The van der Waals surface area contributed by atoms with E-state index in [1.54, 1.807) is 0 Å². The van der Waals surface area contributed by atoms with E-state index in [-0.39, 0.29) is 60.8 Å². The van der Waals surface area contributed by atoms with E-state index in [0.717, 1.165) is 0 Å². The molecular formula is C10H15NaO4. The van der Waals surface area contributed by atoms with Gasteiger partial charge in [-0.05, 0) is 5.41 Å². The molecule has 1 saturated carbocycles. The maximum atomic E-state index is 11.5. The molecule has 0 bridgehead atoms. The molecule has 15 heavy (non-hydrogen) atoms. The van der Waals surface area contributed by atoms with Gasteiger partial charge in [-0.25, -0.2) is 0 Å². The molecular weight excluding hydrogens is 207 g/mol. The summed E-state index contributed by atoms with van der Waals surface area (Å²) in [7, 11) is 1.18. The van der Waals surface area contributed by atoms with Gasteiger partial charge in [-0.3, -0.25) is 14.4 Å². The Morgan fingerprint density at radius 2 is 1.73 bits per heavy atom. The van der Waals surface area contributed by atoms with Gasteiger partial charge in [0.15, 0.2) is 17.5 Å². The van der Waals surface area contributed by atoms with Gasteiger partial charge in [0.25, 0.3) is 0 Å². The first-order valence-corrected chi connectivity index (χ1v) is 4.50. The number of carbonyl (C=O) groups excluding carboxylic acids is 3. The molecule has 0 radical (unpaired) electrons. The molecule has 1 aliphatic carbocycles. The minimum atomic E-state index is -1.17. The molecule has 1 rings (SSSR count). The van der Waals surface area contributed by atoms with E-state index in [4.69, 9.17) is 0 Å². The third-order valence-electron chi connectivity index (χ3n) is 2.39. The third-order valence-corrected chi connectivity index (χ3v) is 2.39. The van der Waals surface area contributed by atoms with Crippen LogP contribution in [0.2, 0.25) is 0 Å². The molecule has 0 N–H and O–H groups in total. The van der Waals surface area contributed by atoms with Crippen molar-refractivity contribution in [1.82, 2.24) is 0 Å². The van der Waals surface area contributed by atoms with Crippen molar-refractivity contribution in [3.63, 3.8) is 0 Å². The Kier molecular flexibility index (Phi) is 5.17. The number of carbonyl (C=O) groups is 3. The molecule has 0 aromatic heterocycles. The van der Waals surface area contributed by atoms with Crippen LogP contribution >= 0.6 is 0 Å². The van der Waals surface area contributed by atoms with Gasteiger partial charge >= 0.3 is 35.5 Å². The summed E-state index contributed by atoms with van der Waals surface area (Å²) in [4.78, 5) is 34.1. The van der Waals surface area contributed by atoms with Gasteiger partial charge in [0.1, 0.15) is 0 Å². The van der Waals surface area contributed by atoms with Gasteiger partial charge in [-0.2, -0.15) is 0 Å². The Hall–Kier alpha value is -0.190. The van der Waals surface area contributed by atoms with E-state index in [9.17, 15) is 14.4 Å². The summed E-state index contributed by atoms with van der Waals surface area (Å²) in [5.74, 6) is -2.54. The van der Waals surface area contributed by atoms with Crippen LogP contribution in [-0.2, 0) is 19.1 Å². The summed E-state index contributed by atoms with van der Waals surface area (Å²) in [6.07, 6.45) is 0.525. The van der Waals surface area contributed by atoms with Crippen LogP contribution in [0, 0.1) is 11.3 Å². The summed E-state index contributed by atoms with van der Waals surface area (Å²) in [6, 6.07) is 0. The van der Waals surface area contributed by atoms with E-state index in [2.05, 4.69) is 4.74 Å². The standard InChI is InChI=1S/C10H14O4.Na.H/c1-10(2)4-6(11)8(7(12)5-10)9(13)14-3;;/h8H,4-5H2,1-3H3;;/q;+1;-1. The van der Waals surface area contributed by atoms with E-state index in [1.165, 1.54) is 7.11 Å². The average Bonchev–Trinajstić information content (AvgIpc) is 1.99. The maximum absolute atomic E-state index is 11.5. The minimum absolute atomic E-state index is 0. The number of ether oxygens (including phenoxy) is 1. The van der Waals surface area contributed by atoms with Crippen LogP contribution in [0.3, 0.4) is 0 Å². The fourth-order valence-corrected chi connectivity index (χ4v) is 1.77. The normalized spacial score (nSPS) is 20.7. The first-order valence-electron chi connectivity index (χ1n) is 4.50. The van der Waals surface area contributed by atoms with E-state index in [0.29, 0.717) is 0 Å². The van der Waals surface area contributed by atoms with Crippen LogP contribution in [0.5, 0.6) is 0 Å². The Balaban J connectivity index is 0. The second-order valence-corrected chi connectivity index (χ2v) is 4.41. The largest absolute Gasteiger partial charge is 1.00 e. The van der Waals surface area contributed by atoms with Crippen LogP contribution in [0.1, 0.15) is 28.1 Å². The molecule has 0 aromatic carbocycles. The summed E-state index contributed by atoms with van der Waals surface area (Å²) in [5, 5.41) is 0. The number of hydrogen-bond acceptors (Lipinski definition) is 4. The minimum Gasteiger partial charge on any atom is -1.00 e. The topological polar surface area (TPSA) is 60.4 Å². The van der Waals surface area contributed by atoms with Crippen molar-refractivity contribution < 1.29 is 50.1 Å². The number of hydrogen-bond donors (Lipinski definition) is 0. The number of methoxy groups -OCH3 is 1. The van der Waals surface area contributed by atoms with Crippen molar-refractivity contribution >= 4 is 17.5 Å². The average molecular weight is 222 g/mol. The second-order valence-electron chi connectivity index (χ2n) is 4.41. The molecule has 1 fully saturated rings. The van der Waals surface area contributed by atoms with Gasteiger partial charge in [0.2, 0.25) is 0 Å². The predicted molar refractivity (Wildman–Crippen MR) is 49.6 cm³/mol. The summed E-state index contributed by atoms with van der Waals surface area (Å²) in [6.45, 7) is 3.69. The molecule has 1 aliphatic rings. The van der Waals surface area contributed by atoms with Crippen LogP contribution in [-0.4, -0.2) is 24.6 Å². The van der Waals surface area contributed by atoms with Gasteiger partial charge in [0, 0.05) is 12.8 Å². The molecule has 0 heterocycles. The van der Waals surface area contributed by atoms with Crippen LogP contribution in [0.15, 0.2) is 0 Å². The van der Waals surface area contributed by atoms with Gasteiger partial charge in [0.05, 0.1) is 7.11 Å². The molecule has 5 heteroatoms. The van der Waals surface area contributed by atoms with Crippen LogP contribution in [0.4, 0.5) is 0 Å². The van der Waals surface area contributed by atoms with Crippen molar-refractivity contribution in [2.75, 3.05) is 7.11 Å². The van der Waals surface area contributed by atoms with Crippen molar-refractivity contribution in [3.8, 4) is 0 Å². The zero-order chi connectivity index (χ0) is 10.9. The Morgan fingerprint density at radius 3 is 2.07 bits per heavy atom. The zero-order valence-corrected chi connectivity index (χ0v) is 11.6. The molecule has 0 aromatic rings. The van der Waals surface area contributed by atoms with Crippen molar-refractivity contribution in [3.05, 3.63) is 0 Å². The molecule has 0 saturated heterocycles. The van der Waals surface area contributed by atoms with Crippen LogP contribution in [0.25, 0.3) is 0 Å². The maximum Gasteiger partial charge on any atom is 1.00 e. The molecule has 0 atom stereocenters. The van der Waals surface area contributed by atoms with Gasteiger partial charge in [-0.15, -0.1) is 0 Å². The Morgan fingerprint density at radius 1 is 1.33 bits per heavy atom. The van der Waals surface area contributed by atoms with E-state index < -0.39 is 11.9 Å². The molecule has 0 spiro atoms. The molecule has 80 valence electrons. The SMILES string of the molecule is COC(=O)C1C(=O)CC(C)(C)CC1=O.[H-].[Na+]. The van der Waals surface area contributed by atoms with Crippen molar-refractivity contribution in [2.24, 2.45) is 11.3 Å². The second kappa shape index (κ2) is 5.23. The Bertz CT molecular complexity index is 281. The summed E-state index contributed by atoms with van der Waals surface area (Å²) in [5.41, 5.74) is -0.321. The number of esters is 1. The van der Waals surface area contributed by atoms with Gasteiger partial charge < -0.3 is 6.16 Å². The summed E-state index contributed by atoms with van der Waals surface area (Å²) < 4.78 is 4.42. The quantitative estimate of drug-likeness (QED) is 0.288. The molecule has 0 aliphatic heterocycles. The fraction of sp³-hybridized carbons (Fsp3) is 0.700. The number of rotatable bonds is 1. The summed E-state index contributed by atoms with van der Waals surface area (Å²) >= 11 is 0. The third kappa shape index (κ3) is 3.40. The van der Waals surface area contributed by atoms with Crippen molar-refractivity contribution in [2.45, 2.75) is 26.7 Å². The molecule has 0 amide bonds. The first-order chi connectivity index (χ1) is 6.37. The van der Waals surface area contributed by atoms with Crippen molar-refractivity contribution in [1.29, 1.82) is 0 Å². The molecule has 4 nitrogen and oxygen atoms in total.